The molecule has 1 atom stereocenters. The van der Waals surface area contributed by atoms with E-state index in [9.17, 15) is 0 Å². The van der Waals surface area contributed by atoms with Crippen LogP contribution in [0.4, 0.5) is 0 Å². The first-order valence-electron chi connectivity index (χ1n) is 6.88. The van der Waals surface area contributed by atoms with Crippen LogP contribution in [0.1, 0.15) is 30.4 Å². The van der Waals surface area contributed by atoms with Crippen LogP contribution in [0.3, 0.4) is 0 Å². The molecule has 0 aromatic heterocycles. The fraction of sp³-hybridized carbons (Fsp3) is 0.600. The molecule has 19 heavy (non-hydrogen) atoms. The summed E-state index contributed by atoms with van der Waals surface area (Å²) >= 11 is 3.54. The molecule has 4 heteroatoms. The van der Waals surface area contributed by atoms with E-state index in [1.807, 2.05) is 7.05 Å². The largest absolute Gasteiger partial charge is 0.493 e. The highest BCUT2D eigenvalue weighted by molar-refractivity contribution is 9.10. The van der Waals surface area contributed by atoms with Gasteiger partial charge in [-0.3, -0.25) is 0 Å². The van der Waals surface area contributed by atoms with Gasteiger partial charge in [0, 0.05) is 29.6 Å². The quantitative estimate of drug-likeness (QED) is 0.868. The Morgan fingerprint density at radius 3 is 3.00 bits per heavy atom. The molecule has 1 fully saturated rings. The van der Waals surface area contributed by atoms with Gasteiger partial charge in [0.05, 0.1) is 12.7 Å². The molecule has 1 aromatic carbocycles. The van der Waals surface area contributed by atoms with Crippen LogP contribution in [-0.2, 0) is 11.3 Å². The van der Waals surface area contributed by atoms with Gasteiger partial charge in [0.2, 0.25) is 0 Å². The van der Waals surface area contributed by atoms with E-state index in [-0.39, 0.29) is 0 Å². The standard InChI is InChI=1S/C15H22BrNO2/c1-11-8-13(16)9-12(10-17-2)15(11)19-7-5-14-4-3-6-18-14/h8-9,14,17H,3-7,10H2,1-2H3. The third-order valence-electron chi connectivity index (χ3n) is 3.39. The molecule has 1 aliphatic rings. The van der Waals surface area contributed by atoms with Gasteiger partial charge < -0.3 is 14.8 Å². The fourth-order valence-corrected chi connectivity index (χ4v) is 3.11. The minimum absolute atomic E-state index is 0.392. The van der Waals surface area contributed by atoms with Crippen molar-refractivity contribution in [2.24, 2.45) is 0 Å². The third kappa shape index (κ3) is 4.20. The number of ether oxygens (including phenoxy) is 2. The Kier molecular flexibility index (Phi) is 5.67. The van der Waals surface area contributed by atoms with Crippen molar-refractivity contribution in [3.63, 3.8) is 0 Å². The normalized spacial score (nSPS) is 18.8. The first-order chi connectivity index (χ1) is 9.20. The predicted octanol–water partition coefficient (Wildman–Crippen LogP) is 3.42. The molecular weight excluding hydrogens is 306 g/mol. The van der Waals surface area contributed by atoms with Crippen molar-refractivity contribution in [1.29, 1.82) is 0 Å². The Hall–Kier alpha value is -0.580. The molecule has 1 unspecified atom stereocenters. The number of aryl methyl sites for hydroxylation is 1. The molecule has 0 aliphatic carbocycles. The van der Waals surface area contributed by atoms with Crippen LogP contribution in [-0.4, -0.2) is 26.4 Å². The Morgan fingerprint density at radius 2 is 2.32 bits per heavy atom. The van der Waals surface area contributed by atoms with Gasteiger partial charge in [-0.25, -0.2) is 0 Å². The van der Waals surface area contributed by atoms with Crippen molar-refractivity contribution >= 4 is 15.9 Å². The molecule has 106 valence electrons. The van der Waals surface area contributed by atoms with Gasteiger partial charge in [0.1, 0.15) is 5.75 Å². The monoisotopic (exact) mass is 327 g/mol. The Morgan fingerprint density at radius 1 is 1.47 bits per heavy atom. The number of hydrogen-bond acceptors (Lipinski definition) is 3. The smallest absolute Gasteiger partial charge is 0.126 e. The molecule has 1 aromatic rings. The summed E-state index contributed by atoms with van der Waals surface area (Å²) in [4.78, 5) is 0. The fourth-order valence-electron chi connectivity index (χ4n) is 2.49. The minimum atomic E-state index is 0.392. The first kappa shape index (κ1) is 14.8. The van der Waals surface area contributed by atoms with E-state index in [0.717, 1.165) is 36.4 Å². The Balaban J connectivity index is 1.97. The number of hydrogen-bond donors (Lipinski definition) is 1. The summed E-state index contributed by atoms with van der Waals surface area (Å²) in [6.45, 7) is 4.54. The van der Waals surface area contributed by atoms with Gasteiger partial charge in [-0.1, -0.05) is 15.9 Å². The summed E-state index contributed by atoms with van der Waals surface area (Å²) in [5.74, 6) is 1.01. The lowest BCUT2D eigenvalue weighted by atomic mass is 10.1. The average molecular weight is 328 g/mol. The molecule has 1 N–H and O–H groups in total. The van der Waals surface area contributed by atoms with Crippen LogP contribution in [0.5, 0.6) is 5.75 Å². The maximum absolute atomic E-state index is 6.00. The highest BCUT2D eigenvalue weighted by Gasteiger charge is 2.16. The van der Waals surface area contributed by atoms with Gasteiger partial charge in [0.25, 0.3) is 0 Å². The second-order valence-corrected chi connectivity index (χ2v) is 5.93. The van der Waals surface area contributed by atoms with Gasteiger partial charge in [0.15, 0.2) is 0 Å². The van der Waals surface area contributed by atoms with Crippen LogP contribution < -0.4 is 10.1 Å². The number of rotatable bonds is 6. The highest BCUT2D eigenvalue weighted by atomic mass is 79.9. The lowest BCUT2D eigenvalue weighted by Crippen LogP contribution is -2.13. The van der Waals surface area contributed by atoms with E-state index in [1.54, 1.807) is 0 Å². The van der Waals surface area contributed by atoms with Crippen molar-refractivity contribution in [3.8, 4) is 5.75 Å². The highest BCUT2D eigenvalue weighted by Crippen LogP contribution is 2.28. The SMILES string of the molecule is CNCc1cc(Br)cc(C)c1OCCC1CCCO1. The molecule has 0 saturated carbocycles. The zero-order chi connectivity index (χ0) is 13.7. The van der Waals surface area contributed by atoms with Crippen LogP contribution >= 0.6 is 15.9 Å². The summed E-state index contributed by atoms with van der Waals surface area (Å²) in [7, 11) is 1.95. The number of nitrogens with one attached hydrogen (secondary N) is 1. The molecule has 1 saturated heterocycles. The zero-order valence-electron chi connectivity index (χ0n) is 11.7. The van der Waals surface area contributed by atoms with E-state index in [0.29, 0.717) is 6.10 Å². The third-order valence-corrected chi connectivity index (χ3v) is 3.85. The molecule has 0 spiro atoms. The first-order valence-corrected chi connectivity index (χ1v) is 7.68. The van der Waals surface area contributed by atoms with Crippen molar-refractivity contribution in [3.05, 3.63) is 27.7 Å². The van der Waals surface area contributed by atoms with Gasteiger partial charge >= 0.3 is 0 Å². The predicted molar refractivity (Wildman–Crippen MR) is 80.7 cm³/mol. The van der Waals surface area contributed by atoms with E-state index < -0.39 is 0 Å². The summed E-state index contributed by atoms with van der Waals surface area (Å²) in [5.41, 5.74) is 2.37. The Labute approximate surface area is 123 Å². The molecule has 0 amide bonds. The summed E-state index contributed by atoms with van der Waals surface area (Å²) in [6, 6.07) is 4.21. The molecule has 2 rings (SSSR count). The minimum Gasteiger partial charge on any atom is -0.493 e. The van der Waals surface area contributed by atoms with Crippen LogP contribution in [0.25, 0.3) is 0 Å². The van der Waals surface area contributed by atoms with Gasteiger partial charge in [-0.2, -0.15) is 0 Å². The molecule has 0 bridgehead atoms. The maximum atomic E-state index is 6.00. The lowest BCUT2D eigenvalue weighted by Gasteiger charge is -2.16. The molecule has 3 nitrogen and oxygen atoms in total. The van der Waals surface area contributed by atoms with Gasteiger partial charge in [-0.05, 0) is 44.5 Å². The average Bonchev–Trinajstić information content (AvgIpc) is 2.86. The van der Waals surface area contributed by atoms with Crippen LogP contribution in [0.2, 0.25) is 0 Å². The van der Waals surface area contributed by atoms with E-state index in [4.69, 9.17) is 9.47 Å². The summed E-state index contributed by atoms with van der Waals surface area (Å²) in [5, 5.41) is 3.18. The van der Waals surface area contributed by atoms with E-state index in [1.165, 1.54) is 24.0 Å². The molecule has 1 aliphatic heterocycles. The molecule has 1 heterocycles. The second-order valence-electron chi connectivity index (χ2n) is 5.01. The van der Waals surface area contributed by atoms with Crippen molar-refractivity contribution in [1.82, 2.24) is 5.32 Å². The van der Waals surface area contributed by atoms with E-state index >= 15 is 0 Å². The lowest BCUT2D eigenvalue weighted by molar-refractivity contribution is 0.0901. The maximum Gasteiger partial charge on any atom is 0.126 e. The number of benzene rings is 1. The second kappa shape index (κ2) is 7.27. The van der Waals surface area contributed by atoms with Gasteiger partial charge in [-0.15, -0.1) is 0 Å². The van der Waals surface area contributed by atoms with Crippen molar-refractivity contribution in [2.75, 3.05) is 20.3 Å². The van der Waals surface area contributed by atoms with E-state index in [2.05, 4.69) is 40.3 Å². The number of halogens is 1. The molecular formula is C15H22BrNO2. The van der Waals surface area contributed by atoms with Crippen molar-refractivity contribution in [2.45, 2.75) is 38.8 Å². The zero-order valence-corrected chi connectivity index (χ0v) is 13.3. The summed E-state index contributed by atoms with van der Waals surface area (Å²) in [6.07, 6.45) is 3.73. The van der Waals surface area contributed by atoms with Crippen molar-refractivity contribution < 1.29 is 9.47 Å². The molecule has 0 radical (unpaired) electrons. The van der Waals surface area contributed by atoms with Crippen LogP contribution in [0.15, 0.2) is 16.6 Å². The summed E-state index contributed by atoms with van der Waals surface area (Å²) < 4.78 is 12.7. The van der Waals surface area contributed by atoms with Crippen LogP contribution in [0, 0.1) is 6.92 Å². The Bertz CT molecular complexity index is 417. The topological polar surface area (TPSA) is 30.5 Å².